The molecular formula is C32H39Br2N7O4. The molecule has 2 amide bonds. The quantitative estimate of drug-likeness (QED) is 0.376. The standard InChI is InChI=1S/C32H39Br2N7O4/c33-26-7-6-22(20-27(26)34)21-28(30(42)39-14-8-24(9-15-39)38-18-12-35-13-19-38)45-32(44)40-16-10-25(11-17-40)41-31(43)36-29(37-41)23-4-2-1-3-5-23/h1-7,20,24-25,28,35H,8-19,21H2,(H,36,37,43)/t28-/m1/s1. The zero-order chi connectivity index (χ0) is 31.3. The third-order valence-electron chi connectivity index (χ3n) is 9.12. The van der Waals surface area contributed by atoms with Crippen LogP contribution in [0.3, 0.4) is 0 Å². The van der Waals surface area contributed by atoms with E-state index in [2.05, 4.69) is 52.2 Å². The Morgan fingerprint density at radius 2 is 1.53 bits per heavy atom. The average molecular weight is 746 g/mol. The summed E-state index contributed by atoms with van der Waals surface area (Å²) in [5.74, 6) is 0.382. The Balaban J connectivity index is 1.09. The molecule has 0 bridgehead atoms. The normalized spacial score (nSPS) is 19.4. The number of ether oxygens (including phenoxy) is 1. The second kappa shape index (κ2) is 14.6. The molecule has 0 unspecified atom stereocenters. The van der Waals surface area contributed by atoms with E-state index >= 15 is 0 Å². The van der Waals surface area contributed by atoms with Crippen LogP contribution in [0.5, 0.6) is 0 Å². The number of hydrogen-bond acceptors (Lipinski definition) is 7. The number of likely N-dealkylation sites (tertiary alicyclic amines) is 2. The number of aromatic nitrogens is 3. The number of carbonyl (C=O) groups excluding carboxylic acids is 2. The van der Waals surface area contributed by atoms with Crippen LogP contribution >= 0.6 is 31.9 Å². The van der Waals surface area contributed by atoms with Crippen LogP contribution in [-0.4, -0.2) is 106 Å². The number of halogens is 2. The van der Waals surface area contributed by atoms with Gasteiger partial charge >= 0.3 is 11.8 Å². The highest BCUT2D eigenvalue weighted by Crippen LogP contribution is 2.27. The Bertz CT molecular complexity index is 1530. The van der Waals surface area contributed by atoms with E-state index in [1.807, 2.05) is 53.4 Å². The Hall–Kier alpha value is -3.00. The van der Waals surface area contributed by atoms with Gasteiger partial charge in [-0.2, -0.15) is 0 Å². The van der Waals surface area contributed by atoms with Gasteiger partial charge in [-0.3, -0.25) is 14.7 Å². The van der Waals surface area contributed by atoms with Crippen molar-refractivity contribution < 1.29 is 14.3 Å². The first-order valence-electron chi connectivity index (χ1n) is 15.7. The largest absolute Gasteiger partial charge is 0.436 e. The Labute approximate surface area is 279 Å². The number of benzene rings is 2. The molecule has 11 nitrogen and oxygen atoms in total. The maximum atomic E-state index is 13.9. The maximum Gasteiger partial charge on any atom is 0.410 e. The van der Waals surface area contributed by atoms with E-state index in [1.165, 1.54) is 4.68 Å². The van der Waals surface area contributed by atoms with E-state index in [1.54, 1.807) is 4.90 Å². The van der Waals surface area contributed by atoms with Gasteiger partial charge in [-0.1, -0.05) is 36.4 Å². The maximum absolute atomic E-state index is 13.9. The van der Waals surface area contributed by atoms with E-state index in [9.17, 15) is 14.4 Å². The number of piperazine rings is 1. The highest BCUT2D eigenvalue weighted by atomic mass is 79.9. The smallest absolute Gasteiger partial charge is 0.410 e. The number of amides is 2. The molecule has 0 aliphatic carbocycles. The van der Waals surface area contributed by atoms with Crippen molar-refractivity contribution in [3.8, 4) is 11.4 Å². The first-order valence-corrected chi connectivity index (χ1v) is 17.3. The summed E-state index contributed by atoms with van der Waals surface area (Å²) < 4.78 is 9.29. The van der Waals surface area contributed by atoms with E-state index in [0.717, 1.165) is 59.1 Å². The lowest BCUT2D eigenvalue weighted by Gasteiger charge is -2.41. The molecule has 13 heteroatoms. The molecule has 3 aliphatic heterocycles. The van der Waals surface area contributed by atoms with Crippen LogP contribution in [0.15, 0.2) is 62.3 Å². The third-order valence-corrected chi connectivity index (χ3v) is 11.0. The van der Waals surface area contributed by atoms with Gasteiger partial charge in [-0.25, -0.2) is 14.3 Å². The summed E-state index contributed by atoms with van der Waals surface area (Å²) in [5, 5.41) is 7.95. The van der Waals surface area contributed by atoms with E-state index < -0.39 is 12.2 Å². The van der Waals surface area contributed by atoms with Crippen LogP contribution in [-0.2, 0) is 16.0 Å². The summed E-state index contributed by atoms with van der Waals surface area (Å²) in [5.41, 5.74) is 1.48. The fourth-order valence-corrected chi connectivity index (χ4v) is 7.23. The molecule has 1 atom stereocenters. The Morgan fingerprint density at radius 3 is 2.22 bits per heavy atom. The van der Waals surface area contributed by atoms with Gasteiger partial charge < -0.3 is 19.9 Å². The van der Waals surface area contributed by atoms with E-state index in [-0.39, 0.29) is 24.1 Å². The second-order valence-corrected chi connectivity index (χ2v) is 13.7. The van der Waals surface area contributed by atoms with Crippen molar-refractivity contribution in [1.29, 1.82) is 0 Å². The minimum Gasteiger partial charge on any atom is -0.436 e. The van der Waals surface area contributed by atoms with Gasteiger partial charge in [0.2, 0.25) is 0 Å². The van der Waals surface area contributed by atoms with Crippen molar-refractivity contribution in [3.63, 3.8) is 0 Å². The highest BCUT2D eigenvalue weighted by Gasteiger charge is 2.35. The zero-order valence-electron chi connectivity index (χ0n) is 25.2. The molecule has 45 heavy (non-hydrogen) atoms. The predicted octanol–water partition coefficient (Wildman–Crippen LogP) is 4.04. The summed E-state index contributed by atoms with van der Waals surface area (Å²) in [6, 6.07) is 15.7. The molecule has 3 saturated heterocycles. The molecule has 1 aromatic heterocycles. The molecule has 3 aromatic rings. The second-order valence-electron chi connectivity index (χ2n) is 12.0. The van der Waals surface area contributed by atoms with Crippen LogP contribution < -0.4 is 11.0 Å². The molecule has 0 radical (unpaired) electrons. The minimum atomic E-state index is -0.929. The van der Waals surface area contributed by atoms with Crippen molar-refractivity contribution in [2.45, 2.75) is 50.3 Å². The molecule has 6 rings (SSSR count). The Morgan fingerprint density at radius 1 is 0.867 bits per heavy atom. The predicted molar refractivity (Wildman–Crippen MR) is 178 cm³/mol. The van der Waals surface area contributed by atoms with Crippen LogP contribution in [0.1, 0.15) is 37.3 Å². The summed E-state index contributed by atoms with van der Waals surface area (Å²) in [6.07, 6.45) is 1.82. The average Bonchev–Trinajstić information content (AvgIpc) is 3.48. The molecule has 2 N–H and O–H groups in total. The van der Waals surface area contributed by atoms with Crippen LogP contribution in [0, 0.1) is 0 Å². The molecule has 4 heterocycles. The van der Waals surface area contributed by atoms with E-state index in [0.29, 0.717) is 50.9 Å². The summed E-state index contributed by atoms with van der Waals surface area (Å²) in [6.45, 7) is 6.21. The monoisotopic (exact) mass is 743 g/mol. The number of rotatable bonds is 7. The van der Waals surface area contributed by atoms with Crippen molar-refractivity contribution in [2.24, 2.45) is 0 Å². The summed E-state index contributed by atoms with van der Waals surface area (Å²) in [7, 11) is 0. The number of piperidine rings is 2. The fourth-order valence-electron chi connectivity index (χ4n) is 6.56. The molecule has 3 fully saturated rings. The lowest BCUT2D eigenvalue weighted by Crippen LogP contribution is -2.54. The number of H-pyrrole nitrogens is 1. The van der Waals surface area contributed by atoms with Gasteiger partial charge in [0.25, 0.3) is 5.91 Å². The van der Waals surface area contributed by atoms with Gasteiger partial charge in [0, 0.05) is 79.3 Å². The molecule has 0 spiro atoms. The van der Waals surface area contributed by atoms with Crippen LogP contribution in [0.25, 0.3) is 11.4 Å². The molecule has 0 saturated carbocycles. The molecule has 2 aromatic carbocycles. The molecule has 3 aliphatic rings. The van der Waals surface area contributed by atoms with Crippen LogP contribution in [0.2, 0.25) is 0 Å². The third kappa shape index (κ3) is 7.70. The lowest BCUT2D eigenvalue weighted by molar-refractivity contribution is -0.142. The van der Waals surface area contributed by atoms with Crippen molar-refractivity contribution in [2.75, 3.05) is 52.4 Å². The van der Waals surface area contributed by atoms with E-state index in [4.69, 9.17) is 4.74 Å². The van der Waals surface area contributed by atoms with Crippen molar-refractivity contribution >= 4 is 43.9 Å². The first kappa shape index (κ1) is 32.0. The van der Waals surface area contributed by atoms with Gasteiger partial charge in [0.15, 0.2) is 11.9 Å². The van der Waals surface area contributed by atoms with Gasteiger partial charge in [-0.05, 0) is 75.2 Å². The number of hydrogen-bond donors (Lipinski definition) is 2. The highest BCUT2D eigenvalue weighted by molar-refractivity contribution is 9.13. The van der Waals surface area contributed by atoms with Crippen LogP contribution in [0.4, 0.5) is 4.79 Å². The Kier molecular flexibility index (Phi) is 10.4. The number of nitrogens with one attached hydrogen (secondary N) is 2. The zero-order valence-corrected chi connectivity index (χ0v) is 28.3. The number of carbonyl (C=O) groups is 2. The van der Waals surface area contributed by atoms with Crippen molar-refractivity contribution in [1.82, 2.24) is 34.8 Å². The first-order chi connectivity index (χ1) is 21.9. The fraction of sp³-hybridized carbons (Fsp3) is 0.500. The number of nitrogens with zero attached hydrogens (tertiary/aromatic N) is 5. The minimum absolute atomic E-state index is 0.134. The van der Waals surface area contributed by atoms with Gasteiger partial charge in [0.1, 0.15) is 0 Å². The summed E-state index contributed by atoms with van der Waals surface area (Å²) in [4.78, 5) is 49.0. The summed E-state index contributed by atoms with van der Waals surface area (Å²) >= 11 is 7.06. The topological polar surface area (TPSA) is 116 Å². The SMILES string of the molecule is O=C(O[C@H](Cc1ccc(Br)c(Br)c1)C(=O)N1CCC(N2CCNCC2)CC1)N1CCC(n2nc(-c3ccccc3)[nH]c2=O)CC1. The van der Waals surface area contributed by atoms with Crippen molar-refractivity contribution in [3.05, 3.63) is 73.5 Å². The molecule has 240 valence electrons. The van der Waals surface area contributed by atoms with Gasteiger partial charge in [0.05, 0.1) is 6.04 Å². The lowest BCUT2D eigenvalue weighted by atomic mass is 10.0. The van der Waals surface area contributed by atoms with Gasteiger partial charge in [-0.15, -0.1) is 5.10 Å². The molecular weight excluding hydrogens is 706 g/mol. The number of aromatic amines is 1.